The van der Waals surface area contributed by atoms with Crippen LogP contribution in [0.3, 0.4) is 0 Å². The molecular formula is C11H22N2O2S2. The number of hydrogen-bond acceptors (Lipinski definition) is 4. The summed E-state index contributed by atoms with van der Waals surface area (Å²) in [5.74, 6) is 1.17. The molecule has 1 heterocycles. The Morgan fingerprint density at radius 2 is 2.12 bits per heavy atom. The molecule has 0 aromatic heterocycles. The van der Waals surface area contributed by atoms with Crippen molar-refractivity contribution in [2.75, 3.05) is 18.8 Å². The van der Waals surface area contributed by atoms with Gasteiger partial charge in [0, 0.05) is 24.4 Å². The monoisotopic (exact) mass is 278 g/mol. The first kappa shape index (κ1) is 13.6. The fourth-order valence-corrected chi connectivity index (χ4v) is 4.23. The van der Waals surface area contributed by atoms with Crippen molar-refractivity contribution in [1.82, 2.24) is 10.0 Å². The lowest BCUT2D eigenvalue weighted by Gasteiger charge is -2.16. The van der Waals surface area contributed by atoms with Gasteiger partial charge >= 0.3 is 0 Å². The third-order valence-corrected chi connectivity index (χ3v) is 6.53. The van der Waals surface area contributed by atoms with Crippen molar-refractivity contribution in [3.8, 4) is 0 Å². The largest absolute Gasteiger partial charge is 0.313 e. The first-order chi connectivity index (χ1) is 8.08. The fourth-order valence-electron chi connectivity index (χ4n) is 1.89. The average molecular weight is 278 g/mol. The number of rotatable bonds is 7. The maximum atomic E-state index is 12.0. The number of sulfonamides is 1. The molecule has 2 atom stereocenters. The summed E-state index contributed by atoms with van der Waals surface area (Å²) in [6.07, 6.45) is 4.75. The van der Waals surface area contributed by atoms with Crippen LogP contribution in [0.2, 0.25) is 0 Å². The van der Waals surface area contributed by atoms with Crippen molar-refractivity contribution in [2.45, 2.75) is 49.1 Å². The molecule has 100 valence electrons. The van der Waals surface area contributed by atoms with Gasteiger partial charge in [-0.2, -0.15) is 11.8 Å². The SMILES string of the molecule is CC(CNC1CC1)S(=O)(=O)NCC1CCCS1. The van der Waals surface area contributed by atoms with Crippen LogP contribution in [-0.4, -0.2) is 43.8 Å². The van der Waals surface area contributed by atoms with Crippen LogP contribution in [0.15, 0.2) is 0 Å². The van der Waals surface area contributed by atoms with Gasteiger partial charge in [-0.3, -0.25) is 0 Å². The van der Waals surface area contributed by atoms with Crippen LogP contribution in [0, 0.1) is 0 Å². The summed E-state index contributed by atoms with van der Waals surface area (Å²) < 4.78 is 26.7. The molecule has 0 aromatic carbocycles. The van der Waals surface area contributed by atoms with Gasteiger partial charge < -0.3 is 5.32 Å². The number of hydrogen-bond donors (Lipinski definition) is 2. The van der Waals surface area contributed by atoms with E-state index in [9.17, 15) is 8.42 Å². The summed E-state index contributed by atoms with van der Waals surface area (Å²) in [4.78, 5) is 0. The second-order valence-corrected chi connectivity index (χ2v) is 8.61. The molecule has 1 saturated heterocycles. The maximum absolute atomic E-state index is 12.0. The molecule has 0 radical (unpaired) electrons. The van der Waals surface area contributed by atoms with Crippen molar-refractivity contribution in [3.05, 3.63) is 0 Å². The summed E-state index contributed by atoms with van der Waals surface area (Å²) in [5, 5.41) is 3.41. The average Bonchev–Trinajstić information content (AvgIpc) is 2.97. The van der Waals surface area contributed by atoms with E-state index in [1.165, 1.54) is 25.0 Å². The molecule has 2 unspecified atom stereocenters. The van der Waals surface area contributed by atoms with Crippen LogP contribution < -0.4 is 10.0 Å². The smallest absolute Gasteiger partial charge is 0.215 e. The number of thioether (sulfide) groups is 1. The summed E-state index contributed by atoms with van der Waals surface area (Å²) >= 11 is 1.88. The van der Waals surface area contributed by atoms with E-state index in [0.717, 1.165) is 6.42 Å². The van der Waals surface area contributed by atoms with Gasteiger partial charge in [-0.15, -0.1) is 0 Å². The molecule has 2 fully saturated rings. The van der Waals surface area contributed by atoms with E-state index in [1.807, 2.05) is 11.8 Å². The van der Waals surface area contributed by atoms with Gasteiger partial charge in [0.1, 0.15) is 0 Å². The highest BCUT2D eigenvalue weighted by atomic mass is 32.2. The highest BCUT2D eigenvalue weighted by molar-refractivity contribution is 8.00. The lowest BCUT2D eigenvalue weighted by atomic mass is 10.2. The quantitative estimate of drug-likeness (QED) is 0.728. The highest BCUT2D eigenvalue weighted by Crippen LogP contribution is 2.25. The zero-order valence-corrected chi connectivity index (χ0v) is 11.9. The normalized spacial score (nSPS) is 27.2. The van der Waals surface area contributed by atoms with E-state index < -0.39 is 10.0 Å². The van der Waals surface area contributed by atoms with Crippen molar-refractivity contribution >= 4 is 21.8 Å². The van der Waals surface area contributed by atoms with Gasteiger partial charge in [-0.25, -0.2) is 13.1 Å². The molecule has 1 aliphatic carbocycles. The first-order valence-electron chi connectivity index (χ1n) is 6.41. The predicted octanol–water partition coefficient (Wildman–Crippen LogP) is 0.942. The minimum Gasteiger partial charge on any atom is -0.313 e. The Hall–Kier alpha value is 0.220. The van der Waals surface area contributed by atoms with Gasteiger partial charge in [0.25, 0.3) is 0 Å². The Kier molecular flexibility index (Phi) is 4.74. The van der Waals surface area contributed by atoms with Gasteiger partial charge in [0.05, 0.1) is 5.25 Å². The second-order valence-electron chi connectivity index (χ2n) is 5.02. The molecule has 0 aromatic rings. The fraction of sp³-hybridized carbons (Fsp3) is 1.00. The van der Waals surface area contributed by atoms with Crippen LogP contribution in [0.25, 0.3) is 0 Å². The molecule has 2 rings (SSSR count). The molecule has 6 heteroatoms. The van der Waals surface area contributed by atoms with E-state index in [2.05, 4.69) is 10.0 Å². The highest BCUT2D eigenvalue weighted by Gasteiger charge is 2.26. The van der Waals surface area contributed by atoms with Crippen LogP contribution in [0.4, 0.5) is 0 Å². The van der Waals surface area contributed by atoms with Gasteiger partial charge in [0.2, 0.25) is 10.0 Å². The summed E-state index contributed by atoms with van der Waals surface area (Å²) in [7, 11) is -3.14. The minimum atomic E-state index is -3.14. The Balaban J connectivity index is 1.71. The topological polar surface area (TPSA) is 58.2 Å². The van der Waals surface area contributed by atoms with Gasteiger partial charge in [0.15, 0.2) is 0 Å². The summed E-state index contributed by atoms with van der Waals surface area (Å²) in [6.45, 7) is 2.94. The standard InChI is InChI=1S/C11H22N2O2S2/c1-9(7-12-10-4-5-10)17(14,15)13-8-11-3-2-6-16-11/h9-13H,2-8H2,1H3. The van der Waals surface area contributed by atoms with Gasteiger partial charge in [-0.1, -0.05) is 0 Å². The van der Waals surface area contributed by atoms with E-state index in [0.29, 0.717) is 24.4 Å². The van der Waals surface area contributed by atoms with Crippen LogP contribution in [-0.2, 0) is 10.0 Å². The van der Waals surface area contributed by atoms with E-state index in [-0.39, 0.29) is 5.25 Å². The van der Waals surface area contributed by atoms with Crippen molar-refractivity contribution in [3.63, 3.8) is 0 Å². The third kappa shape index (κ3) is 4.43. The molecule has 1 aliphatic heterocycles. The van der Waals surface area contributed by atoms with Crippen LogP contribution >= 0.6 is 11.8 Å². The molecule has 2 N–H and O–H groups in total. The summed E-state index contributed by atoms with van der Waals surface area (Å²) in [5.41, 5.74) is 0. The van der Waals surface area contributed by atoms with E-state index in [4.69, 9.17) is 0 Å². The lowest BCUT2D eigenvalue weighted by molar-refractivity contribution is 0.555. The Labute approximate surface area is 108 Å². The van der Waals surface area contributed by atoms with Crippen LogP contribution in [0.1, 0.15) is 32.6 Å². The molecule has 0 amide bonds. The van der Waals surface area contributed by atoms with Gasteiger partial charge in [-0.05, 0) is 38.4 Å². The van der Waals surface area contributed by atoms with Crippen molar-refractivity contribution in [1.29, 1.82) is 0 Å². The Morgan fingerprint density at radius 1 is 1.35 bits per heavy atom. The van der Waals surface area contributed by atoms with E-state index >= 15 is 0 Å². The lowest BCUT2D eigenvalue weighted by Crippen LogP contribution is -2.41. The van der Waals surface area contributed by atoms with E-state index in [1.54, 1.807) is 6.92 Å². The molecule has 2 aliphatic rings. The zero-order valence-electron chi connectivity index (χ0n) is 10.3. The van der Waals surface area contributed by atoms with Crippen molar-refractivity contribution in [2.24, 2.45) is 0 Å². The first-order valence-corrected chi connectivity index (χ1v) is 9.01. The second kappa shape index (κ2) is 5.91. The molecule has 1 saturated carbocycles. The Morgan fingerprint density at radius 3 is 2.71 bits per heavy atom. The third-order valence-electron chi connectivity index (χ3n) is 3.34. The minimum absolute atomic E-state index is 0.338. The molecule has 17 heavy (non-hydrogen) atoms. The molecule has 4 nitrogen and oxygen atoms in total. The van der Waals surface area contributed by atoms with Crippen LogP contribution in [0.5, 0.6) is 0 Å². The maximum Gasteiger partial charge on any atom is 0.215 e. The number of nitrogens with one attached hydrogen (secondary N) is 2. The zero-order chi connectivity index (χ0) is 12.3. The Bertz CT molecular complexity index is 335. The molecule has 0 spiro atoms. The predicted molar refractivity (Wildman–Crippen MR) is 72.9 cm³/mol. The van der Waals surface area contributed by atoms with Crippen molar-refractivity contribution < 1.29 is 8.42 Å². The molecule has 0 bridgehead atoms. The molecular weight excluding hydrogens is 256 g/mol. The summed E-state index contributed by atoms with van der Waals surface area (Å²) in [6, 6.07) is 0.568.